The average Bonchev–Trinajstić information content (AvgIpc) is 3.19. The Kier molecular flexibility index (Phi) is 9.09. The van der Waals surface area contributed by atoms with E-state index in [-0.39, 0.29) is 13.2 Å². The fourth-order valence-corrected chi connectivity index (χ4v) is 4.28. The standard InChI is InChI=1S/C27H34ClN3O5/c1-21-15-29-31(16-21)10-3-12-35-26-14-22(4-9-25(26)33-2)17-30-11-13-34-19-27(32,18-30)20-36-24-7-5-23(28)6-8-24/h4-9,14-16,32H,3,10-13,17-20H2,1-2H3. The molecule has 0 aliphatic carbocycles. The van der Waals surface area contributed by atoms with Crippen molar-refractivity contribution in [1.82, 2.24) is 14.7 Å². The maximum absolute atomic E-state index is 11.2. The molecule has 1 atom stereocenters. The predicted molar refractivity (Wildman–Crippen MR) is 138 cm³/mol. The van der Waals surface area contributed by atoms with E-state index in [1.165, 1.54) is 0 Å². The molecule has 3 aromatic rings. The minimum absolute atomic E-state index is 0.123. The number of aromatic nitrogens is 2. The summed E-state index contributed by atoms with van der Waals surface area (Å²) in [5.41, 5.74) is 1.08. The van der Waals surface area contributed by atoms with Crippen molar-refractivity contribution in [3.05, 3.63) is 71.0 Å². The molecule has 1 N–H and O–H groups in total. The first-order valence-corrected chi connectivity index (χ1v) is 12.5. The lowest BCUT2D eigenvalue weighted by Gasteiger charge is -2.30. The van der Waals surface area contributed by atoms with Crippen molar-refractivity contribution in [3.63, 3.8) is 0 Å². The third-order valence-corrected chi connectivity index (χ3v) is 6.20. The molecule has 1 unspecified atom stereocenters. The predicted octanol–water partition coefficient (Wildman–Crippen LogP) is 3.96. The lowest BCUT2D eigenvalue weighted by Crippen LogP contribution is -2.48. The summed E-state index contributed by atoms with van der Waals surface area (Å²) in [6.45, 7) is 6.01. The highest BCUT2D eigenvalue weighted by molar-refractivity contribution is 6.30. The Balaban J connectivity index is 1.34. The van der Waals surface area contributed by atoms with Gasteiger partial charge in [0.25, 0.3) is 0 Å². The van der Waals surface area contributed by atoms with Gasteiger partial charge in [-0.05, 0) is 54.4 Å². The van der Waals surface area contributed by atoms with Crippen LogP contribution in [0.25, 0.3) is 0 Å². The van der Waals surface area contributed by atoms with E-state index >= 15 is 0 Å². The van der Waals surface area contributed by atoms with Crippen LogP contribution in [0, 0.1) is 6.92 Å². The molecule has 8 nitrogen and oxygen atoms in total. The summed E-state index contributed by atoms with van der Waals surface area (Å²) < 4.78 is 25.0. The van der Waals surface area contributed by atoms with Gasteiger partial charge in [0, 0.05) is 43.8 Å². The summed E-state index contributed by atoms with van der Waals surface area (Å²) in [4.78, 5) is 2.17. The molecule has 2 aromatic carbocycles. The first kappa shape index (κ1) is 26.3. The monoisotopic (exact) mass is 515 g/mol. The average molecular weight is 516 g/mol. The third kappa shape index (κ3) is 7.61. The number of methoxy groups -OCH3 is 1. The molecular weight excluding hydrogens is 482 g/mol. The molecule has 1 fully saturated rings. The van der Waals surface area contributed by atoms with Gasteiger partial charge in [0.05, 0.1) is 33.1 Å². The Morgan fingerprint density at radius 2 is 1.97 bits per heavy atom. The molecule has 1 aliphatic heterocycles. The zero-order chi connectivity index (χ0) is 25.4. The summed E-state index contributed by atoms with van der Waals surface area (Å²) in [6.07, 6.45) is 4.71. The van der Waals surface area contributed by atoms with Crippen molar-refractivity contribution in [2.24, 2.45) is 0 Å². The summed E-state index contributed by atoms with van der Waals surface area (Å²) in [6, 6.07) is 13.0. The lowest BCUT2D eigenvalue weighted by atomic mass is 10.1. The maximum Gasteiger partial charge on any atom is 0.161 e. The first-order chi connectivity index (χ1) is 17.4. The SMILES string of the molecule is COc1ccc(CN2CCOCC(O)(COc3ccc(Cl)cc3)C2)cc1OCCCn1cc(C)cn1. The summed E-state index contributed by atoms with van der Waals surface area (Å²) in [7, 11) is 1.64. The smallest absolute Gasteiger partial charge is 0.161 e. The molecule has 0 spiro atoms. The van der Waals surface area contributed by atoms with E-state index in [0.29, 0.717) is 55.1 Å². The number of aliphatic hydroxyl groups is 1. The van der Waals surface area contributed by atoms with Gasteiger partial charge in [-0.2, -0.15) is 5.10 Å². The van der Waals surface area contributed by atoms with Crippen LogP contribution in [0.5, 0.6) is 17.2 Å². The van der Waals surface area contributed by atoms with E-state index in [0.717, 1.165) is 24.1 Å². The number of aryl methyl sites for hydroxylation is 2. The first-order valence-electron chi connectivity index (χ1n) is 12.1. The van der Waals surface area contributed by atoms with Crippen molar-refractivity contribution < 1.29 is 24.1 Å². The van der Waals surface area contributed by atoms with E-state index in [1.807, 2.05) is 42.2 Å². The molecule has 0 radical (unpaired) electrons. The molecule has 0 amide bonds. The van der Waals surface area contributed by atoms with E-state index in [4.69, 9.17) is 30.5 Å². The van der Waals surface area contributed by atoms with Crippen molar-refractivity contribution >= 4 is 11.6 Å². The summed E-state index contributed by atoms with van der Waals surface area (Å²) in [5.74, 6) is 2.06. The fraction of sp³-hybridized carbons (Fsp3) is 0.444. The Morgan fingerprint density at radius 1 is 1.14 bits per heavy atom. The second-order valence-electron chi connectivity index (χ2n) is 9.20. The van der Waals surface area contributed by atoms with Crippen LogP contribution < -0.4 is 14.2 Å². The van der Waals surface area contributed by atoms with Crippen molar-refractivity contribution in [1.29, 1.82) is 0 Å². The van der Waals surface area contributed by atoms with Crippen LogP contribution in [-0.2, 0) is 17.8 Å². The molecule has 0 saturated carbocycles. The molecule has 1 aliphatic rings. The van der Waals surface area contributed by atoms with Crippen LogP contribution in [0.3, 0.4) is 0 Å². The molecule has 194 valence electrons. The second-order valence-corrected chi connectivity index (χ2v) is 9.63. The van der Waals surface area contributed by atoms with Crippen LogP contribution in [0.4, 0.5) is 0 Å². The quantitative estimate of drug-likeness (QED) is 0.387. The van der Waals surface area contributed by atoms with Gasteiger partial charge in [-0.25, -0.2) is 0 Å². The normalized spacial score (nSPS) is 18.6. The highest BCUT2D eigenvalue weighted by Crippen LogP contribution is 2.29. The van der Waals surface area contributed by atoms with Gasteiger partial charge in [-0.1, -0.05) is 17.7 Å². The van der Waals surface area contributed by atoms with Crippen molar-refractivity contribution in [2.75, 3.05) is 46.6 Å². The third-order valence-electron chi connectivity index (χ3n) is 5.95. The molecule has 1 aromatic heterocycles. The van der Waals surface area contributed by atoms with Gasteiger partial charge in [-0.3, -0.25) is 9.58 Å². The lowest BCUT2D eigenvalue weighted by molar-refractivity contribution is -0.0646. The zero-order valence-electron chi connectivity index (χ0n) is 20.9. The van der Waals surface area contributed by atoms with Crippen LogP contribution >= 0.6 is 11.6 Å². The van der Waals surface area contributed by atoms with Crippen molar-refractivity contribution in [3.8, 4) is 17.2 Å². The molecule has 4 rings (SSSR count). The van der Waals surface area contributed by atoms with Gasteiger partial charge in [0.2, 0.25) is 0 Å². The molecule has 1 saturated heterocycles. The van der Waals surface area contributed by atoms with E-state index in [9.17, 15) is 5.11 Å². The fourth-order valence-electron chi connectivity index (χ4n) is 4.16. The number of hydrogen-bond donors (Lipinski definition) is 1. The molecule has 9 heteroatoms. The molecule has 0 bridgehead atoms. The highest BCUT2D eigenvalue weighted by Gasteiger charge is 2.33. The van der Waals surface area contributed by atoms with Crippen molar-refractivity contribution in [2.45, 2.75) is 32.0 Å². The minimum atomic E-state index is -1.13. The number of β-amino-alcohol motifs (C(OH)–C–C–N with tert-alkyl or cyclic N) is 1. The van der Waals surface area contributed by atoms with Gasteiger partial charge in [0.15, 0.2) is 11.5 Å². The van der Waals surface area contributed by atoms with E-state index in [1.54, 1.807) is 31.4 Å². The van der Waals surface area contributed by atoms with E-state index < -0.39 is 5.60 Å². The topological polar surface area (TPSA) is 78.2 Å². The van der Waals surface area contributed by atoms with Gasteiger partial charge < -0.3 is 24.1 Å². The van der Waals surface area contributed by atoms with Crippen LogP contribution in [-0.4, -0.2) is 72.0 Å². The van der Waals surface area contributed by atoms with Crippen LogP contribution in [0.2, 0.25) is 5.02 Å². The van der Waals surface area contributed by atoms with Gasteiger partial charge >= 0.3 is 0 Å². The molecular formula is C27H34ClN3O5. The van der Waals surface area contributed by atoms with E-state index in [2.05, 4.69) is 10.00 Å². The number of halogens is 1. The molecule has 36 heavy (non-hydrogen) atoms. The Morgan fingerprint density at radius 3 is 2.72 bits per heavy atom. The number of nitrogens with zero attached hydrogens (tertiary/aromatic N) is 3. The van der Waals surface area contributed by atoms with Crippen LogP contribution in [0.1, 0.15) is 17.5 Å². The Labute approximate surface area is 217 Å². The molecule has 2 heterocycles. The summed E-state index contributed by atoms with van der Waals surface area (Å²) >= 11 is 5.95. The minimum Gasteiger partial charge on any atom is -0.493 e. The maximum atomic E-state index is 11.2. The summed E-state index contributed by atoms with van der Waals surface area (Å²) in [5, 5.41) is 16.2. The Bertz CT molecular complexity index is 1110. The second kappa shape index (κ2) is 12.5. The number of rotatable bonds is 11. The van der Waals surface area contributed by atoms with Gasteiger partial charge in [0.1, 0.15) is 18.0 Å². The van der Waals surface area contributed by atoms with Gasteiger partial charge in [-0.15, -0.1) is 0 Å². The van der Waals surface area contributed by atoms with Crippen LogP contribution in [0.15, 0.2) is 54.9 Å². The number of benzene rings is 2. The zero-order valence-corrected chi connectivity index (χ0v) is 21.6. The Hall–Kier alpha value is -2.78. The largest absolute Gasteiger partial charge is 0.493 e. The number of ether oxygens (including phenoxy) is 4. The highest BCUT2D eigenvalue weighted by atomic mass is 35.5. The number of hydrogen-bond acceptors (Lipinski definition) is 7.